The van der Waals surface area contributed by atoms with Gasteiger partial charge in [-0.1, -0.05) is 66.7 Å². The average Bonchev–Trinajstić information content (AvgIpc) is 3.51. The minimum atomic E-state index is -5.08. The van der Waals surface area contributed by atoms with Crippen LogP contribution in [-0.2, 0) is 27.1 Å². The number of aliphatic carboxylic acids is 1. The second-order valence-corrected chi connectivity index (χ2v) is 10.1. The van der Waals surface area contributed by atoms with Crippen LogP contribution in [0, 0.1) is 0 Å². The molecule has 0 spiro atoms. The summed E-state index contributed by atoms with van der Waals surface area (Å²) in [5.74, 6) is -4.57. The highest BCUT2D eigenvalue weighted by atomic mass is 19.4. The van der Waals surface area contributed by atoms with E-state index in [0.29, 0.717) is 12.0 Å². The molecule has 1 aliphatic heterocycles. The first kappa shape index (κ1) is 35.0. The van der Waals surface area contributed by atoms with Crippen LogP contribution >= 0.6 is 0 Å². The van der Waals surface area contributed by atoms with Crippen molar-refractivity contribution in [3.8, 4) is 11.4 Å². The Kier molecular flexibility index (Phi) is 11.7. The summed E-state index contributed by atoms with van der Waals surface area (Å²) < 4.78 is 74.0. The molecular weight excluding hydrogens is 612 g/mol. The van der Waals surface area contributed by atoms with E-state index in [4.69, 9.17) is 9.90 Å². The van der Waals surface area contributed by atoms with E-state index in [1.165, 1.54) is 5.56 Å². The number of likely N-dealkylation sites (tertiary alicyclic amines) is 1. The van der Waals surface area contributed by atoms with Crippen LogP contribution in [0.5, 0.6) is 0 Å². The molecule has 1 aromatic heterocycles. The number of hydrogen-bond donors (Lipinski definition) is 3. The molecule has 0 aliphatic carbocycles. The second-order valence-electron chi connectivity index (χ2n) is 10.1. The lowest BCUT2D eigenvalue weighted by Gasteiger charge is -2.38. The number of hydrogen-bond acceptors (Lipinski definition) is 7. The largest absolute Gasteiger partial charge is 0.490 e. The Bertz CT molecular complexity index is 1430. The van der Waals surface area contributed by atoms with Gasteiger partial charge in [-0.05, 0) is 49.9 Å². The monoisotopic (exact) mass is 643 g/mol. The van der Waals surface area contributed by atoms with Gasteiger partial charge in [0.25, 0.3) is 0 Å². The average molecular weight is 644 g/mol. The Morgan fingerprint density at radius 3 is 2.20 bits per heavy atom. The predicted molar refractivity (Wildman–Crippen MR) is 147 cm³/mol. The molecule has 10 nitrogen and oxygen atoms in total. The molecule has 244 valence electrons. The molecule has 2 heterocycles. The Balaban J connectivity index is 0.000000707. The number of carbonyl (C=O) groups is 3. The maximum Gasteiger partial charge on any atom is 0.490 e. The van der Waals surface area contributed by atoms with Crippen LogP contribution in [0.2, 0.25) is 0 Å². The summed E-state index contributed by atoms with van der Waals surface area (Å²) in [5.41, 5.74) is 2.29. The van der Waals surface area contributed by atoms with E-state index >= 15 is 0 Å². The van der Waals surface area contributed by atoms with Gasteiger partial charge in [-0.15, -0.1) is 0 Å². The van der Waals surface area contributed by atoms with Gasteiger partial charge < -0.3 is 20.3 Å². The summed E-state index contributed by atoms with van der Waals surface area (Å²) in [6, 6.07) is 15.5. The van der Waals surface area contributed by atoms with Gasteiger partial charge in [0.05, 0.1) is 6.04 Å². The van der Waals surface area contributed by atoms with Crippen molar-refractivity contribution in [1.82, 2.24) is 25.7 Å². The highest BCUT2D eigenvalue weighted by Crippen LogP contribution is 2.32. The van der Waals surface area contributed by atoms with Crippen molar-refractivity contribution in [2.75, 3.05) is 13.1 Å². The standard InChI is InChI=1S/C27H30F3N5O3.C2HF3O2/c1-3-35-14-13-21(19-7-5-4-6-8-19)15-22(35)25(37)32-17(2)24(36)31-16-18-9-11-20(12-10-18)23-33-26(38-34-23)27(28,29)30;3-2(4,5)1(6)7/h4-12,17,21-22H,3,13-16H2,1-2H3,(H,31,36)(H,32,37);(H,6,7)/t17?,21-,22+;/m0./s1. The number of carboxylic acid groups (broad SMARTS) is 1. The number of likely N-dealkylation sites (N-methyl/N-ethyl adjacent to an activating group) is 1. The van der Waals surface area contributed by atoms with Crippen molar-refractivity contribution >= 4 is 17.8 Å². The summed E-state index contributed by atoms with van der Waals surface area (Å²) in [7, 11) is 0. The van der Waals surface area contributed by atoms with Gasteiger partial charge in [0.2, 0.25) is 17.6 Å². The number of nitrogens with zero attached hydrogens (tertiary/aromatic N) is 3. The Morgan fingerprint density at radius 1 is 1.04 bits per heavy atom. The number of carbonyl (C=O) groups excluding carboxylic acids is 2. The maximum absolute atomic E-state index is 13.1. The summed E-state index contributed by atoms with van der Waals surface area (Å²) in [6.07, 6.45) is -8.13. The van der Waals surface area contributed by atoms with Crippen LogP contribution in [0.15, 0.2) is 59.1 Å². The number of piperidine rings is 1. The molecule has 2 aromatic carbocycles. The van der Waals surface area contributed by atoms with Gasteiger partial charge in [-0.3, -0.25) is 14.5 Å². The quantitative estimate of drug-likeness (QED) is 0.299. The molecule has 3 atom stereocenters. The van der Waals surface area contributed by atoms with E-state index in [9.17, 15) is 35.9 Å². The van der Waals surface area contributed by atoms with Gasteiger partial charge in [0, 0.05) is 12.1 Å². The third kappa shape index (κ3) is 10.0. The Labute approximate surface area is 253 Å². The van der Waals surface area contributed by atoms with Crippen LogP contribution in [0.1, 0.15) is 49.6 Å². The highest BCUT2D eigenvalue weighted by Gasteiger charge is 2.39. The van der Waals surface area contributed by atoms with E-state index in [1.54, 1.807) is 31.2 Å². The molecule has 0 saturated carbocycles. The van der Waals surface area contributed by atoms with Crippen LogP contribution < -0.4 is 10.6 Å². The molecule has 3 N–H and O–H groups in total. The van der Waals surface area contributed by atoms with Crippen molar-refractivity contribution in [3.05, 3.63) is 71.6 Å². The van der Waals surface area contributed by atoms with Crippen LogP contribution in [-0.4, -0.2) is 69.3 Å². The summed E-state index contributed by atoms with van der Waals surface area (Å²) in [6.45, 7) is 5.40. The predicted octanol–water partition coefficient (Wildman–Crippen LogP) is 4.78. The van der Waals surface area contributed by atoms with E-state index in [-0.39, 0.29) is 36.1 Å². The smallest absolute Gasteiger partial charge is 0.475 e. The molecule has 2 amide bonds. The number of halogens is 6. The number of aromatic nitrogens is 2. The molecular formula is C29H31F6N5O5. The first-order valence-corrected chi connectivity index (χ1v) is 13.8. The fraction of sp³-hybridized carbons (Fsp3) is 0.414. The summed E-state index contributed by atoms with van der Waals surface area (Å²) in [5, 5.41) is 16.1. The molecule has 3 aromatic rings. The normalized spacial score (nSPS) is 17.9. The van der Waals surface area contributed by atoms with Crippen molar-refractivity contribution in [1.29, 1.82) is 0 Å². The third-order valence-electron chi connectivity index (χ3n) is 7.04. The zero-order chi connectivity index (χ0) is 33.4. The Morgan fingerprint density at radius 2 is 1.67 bits per heavy atom. The first-order valence-electron chi connectivity index (χ1n) is 13.8. The third-order valence-corrected chi connectivity index (χ3v) is 7.04. The molecule has 1 fully saturated rings. The minimum Gasteiger partial charge on any atom is -0.475 e. The maximum atomic E-state index is 13.1. The second kappa shape index (κ2) is 15.0. The van der Waals surface area contributed by atoms with Crippen molar-refractivity contribution in [3.63, 3.8) is 0 Å². The van der Waals surface area contributed by atoms with Crippen molar-refractivity contribution in [2.45, 2.75) is 63.6 Å². The van der Waals surface area contributed by atoms with Crippen LogP contribution in [0.3, 0.4) is 0 Å². The molecule has 1 aliphatic rings. The zero-order valence-electron chi connectivity index (χ0n) is 24.2. The number of amides is 2. The molecule has 0 radical (unpaired) electrons. The molecule has 0 bridgehead atoms. The van der Waals surface area contributed by atoms with Crippen molar-refractivity contribution in [2.24, 2.45) is 0 Å². The van der Waals surface area contributed by atoms with Crippen LogP contribution in [0.4, 0.5) is 26.3 Å². The lowest BCUT2D eigenvalue weighted by molar-refractivity contribution is -0.192. The first-order chi connectivity index (χ1) is 21.1. The summed E-state index contributed by atoms with van der Waals surface area (Å²) >= 11 is 0. The number of alkyl halides is 6. The van der Waals surface area contributed by atoms with Gasteiger partial charge in [-0.2, -0.15) is 31.3 Å². The van der Waals surface area contributed by atoms with E-state index in [2.05, 4.69) is 42.3 Å². The highest BCUT2D eigenvalue weighted by molar-refractivity contribution is 5.89. The molecule has 1 saturated heterocycles. The number of rotatable bonds is 8. The topological polar surface area (TPSA) is 138 Å². The molecule has 16 heteroatoms. The lowest BCUT2D eigenvalue weighted by Crippen LogP contribution is -2.54. The number of nitrogens with one attached hydrogen (secondary N) is 2. The molecule has 1 unspecified atom stereocenters. The van der Waals surface area contributed by atoms with Crippen LogP contribution in [0.25, 0.3) is 11.4 Å². The van der Waals surface area contributed by atoms with Gasteiger partial charge >= 0.3 is 24.2 Å². The lowest BCUT2D eigenvalue weighted by atomic mass is 9.85. The fourth-order valence-electron chi connectivity index (χ4n) is 4.64. The number of benzene rings is 2. The fourth-order valence-corrected chi connectivity index (χ4v) is 4.64. The molecule has 4 rings (SSSR count). The van der Waals surface area contributed by atoms with Gasteiger partial charge in [0.15, 0.2) is 0 Å². The van der Waals surface area contributed by atoms with Gasteiger partial charge in [-0.25, -0.2) is 4.79 Å². The van der Waals surface area contributed by atoms with Gasteiger partial charge in [0.1, 0.15) is 6.04 Å². The minimum absolute atomic E-state index is 0.169. The SMILES string of the molecule is CCN1CC[C@H](c2ccccc2)C[C@@H]1C(=O)NC(C)C(=O)NCc1ccc(-c2noc(C(F)(F)F)n2)cc1.O=C(O)C(F)(F)F. The number of carboxylic acids is 1. The van der Waals surface area contributed by atoms with Crippen molar-refractivity contribution < 1.29 is 50.4 Å². The zero-order valence-corrected chi connectivity index (χ0v) is 24.2. The molecule has 45 heavy (non-hydrogen) atoms. The summed E-state index contributed by atoms with van der Waals surface area (Å²) in [4.78, 5) is 40.2. The Hall–Kier alpha value is -4.47. The van der Waals surface area contributed by atoms with E-state index in [1.807, 2.05) is 25.1 Å². The van der Waals surface area contributed by atoms with E-state index in [0.717, 1.165) is 25.1 Å². The van der Waals surface area contributed by atoms with E-state index < -0.39 is 30.3 Å².